The number of carbonyl (C=O) groups is 3. The minimum absolute atomic E-state index is 0.0786. The van der Waals surface area contributed by atoms with Crippen LogP contribution in [0, 0.1) is 17.0 Å². The number of hydrogen-bond donors (Lipinski definition) is 1. The van der Waals surface area contributed by atoms with E-state index in [1.54, 1.807) is 19.1 Å². The minimum Gasteiger partial charge on any atom is -0.368 e. The number of thioether (sulfide) groups is 1. The van der Waals surface area contributed by atoms with Crippen molar-refractivity contribution in [1.82, 2.24) is 4.90 Å². The largest absolute Gasteiger partial charge is 0.368 e. The van der Waals surface area contributed by atoms with Crippen LogP contribution in [0.4, 0.5) is 10.5 Å². The van der Waals surface area contributed by atoms with E-state index >= 15 is 0 Å². The summed E-state index contributed by atoms with van der Waals surface area (Å²) in [6.07, 6.45) is 1.37. The van der Waals surface area contributed by atoms with Crippen molar-refractivity contribution in [3.63, 3.8) is 0 Å². The van der Waals surface area contributed by atoms with Gasteiger partial charge in [0.15, 0.2) is 0 Å². The van der Waals surface area contributed by atoms with Gasteiger partial charge in [0.1, 0.15) is 6.54 Å². The number of hydrogen-bond acceptors (Lipinski definition) is 6. The van der Waals surface area contributed by atoms with Gasteiger partial charge in [0.05, 0.1) is 9.83 Å². The Morgan fingerprint density at radius 3 is 2.73 bits per heavy atom. The number of primary amides is 1. The van der Waals surface area contributed by atoms with Gasteiger partial charge in [-0.1, -0.05) is 12.1 Å². The van der Waals surface area contributed by atoms with Crippen LogP contribution in [0.3, 0.4) is 0 Å². The highest BCUT2D eigenvalue weighted by molar-refractivity contribution is 8.18. The molecule has 8 nitrogen and oxygen atoms in total. The molecule has 0 unspecified atom stereocenters. The van der Waals surface area contributed by atoms with Crippen molar-refractivity contribution in [2.24, 2.45) is 5.73 Å². The molecule has 1 heterocycles. The van der Waals surface area contributed by atoms with Gasteiger partial charge < -0.3 is 5.73 Å². The molecule has 1 aromatic carbocycles. The van der Waals surface area contributed by atoms with Crippen LogP contribution in [-0.4, -0.2) is 33.4 Å². The van der Waals surface area contributed by atoms with E-state index in [0.29, 0.717) is 22.9 Å². The third kappa shape index (κ3) is 3.14. The Balaban J connectivity index is 2.33. The second kappa shape index (κ2) is 5.98. The molecule has 3 amide bonds. The number of carbonyl (C=O) groups excluding carboxylic acids is 3. The SMILES string of the molecule is Cc1ccc(/C=C2\SC(=O)N(CC(N)=O)C2=O)cc1[N+](=O)[O-]. The molecule has 0 aromatic heterocycles. The molecular formula is C13H11N3O5S. The topological polar surface area (TPSA) is 124 Å². The second-order valence-electron chi connectivity index (χ2n) is 4.54. The number of nitrogens with two attached hydrogens (primary N) is 1. The monoisotopic (exact) mass is 321 g/mol. The molecule has 22 heavy (non-hydrogen) atoms. The molecule has 0 bridgehead atoms. The smallest absolute Gasteiger partial charge is 0.294 e. The van der Waals surface area contributed by atoms with Crippen molar-refractivity contribution in [3.8, 4) is 0 Å². The number of benzene rings is 1. The molecule has 2 rings (SSSR count). The van der Waals surface area contributed by atoms with E-state index in [1.165, 1.54) is 12.1 Å². The lowest BCUT2D eigenvalue weighted by molar-refractivity contribution is -0.385. The first-order valence-corrected chi connectivity index (χ1v) is 6.90. The zero-order chi connectivity index (χ0) is 16.4. The van der Waals surface area contributed by atoms with Crippen molar-refractivity contribution in [3.05, 3.63) is 44.3 Å². The average Bonchev–Trinajstić information content (AvgIpc) is 2.68. The van der Waals surface area contributed by atoms with Crippen LogP contribution in [0.15, 0.2) is 23.1 Å². The van der Waals surface area contributed by atoms with Gasteiger partial charge in [-0.15, -0.1) is 0 Å². The highest BCUT2D eigenvalue weighted by atomic mass is 32.2. The molecule has 0 aliphatic carbocycles. The number of imide groups is 1. The molecule has 0 saturated carbocycles. The minimum atomic E-state index is -0.797. The molecule has 1 aliphatic heterocycles. The molecule has 1 aromatic rings. The van der Waals surface area contributed by atoms with Crippen molar-refractivity contribution in [2.45, 2.75) is 6.92 Å². The molecule has 1 saturated heterocycles. The van der Waals surface area contributed by atoms with Gasteiger partial charge in [-0.2, -0.15) is 0 Å². The van der Waals surface area contributed by atoms with E-state index in [9.17, 15) is 24.5 Å². The first kappa shape index (κ1) is 15.7. The number of nitrogens with zero attached hydrogens (tertiary/aromatic N) is 2. The number of rotatable bonds is 4. The van der Waals surface area contributed by atoms with E-state index in [0.717, 1.165) is 4.90 Å². The third-order valence-electron chi connectivity index (χ3n) is 2.92. The summed E-state index contributed by atoms with van der Waals surface area (Å²) in [4.78, 5) is 45.7. The maximum Gasteiger partial charge on any atom is 0.294 e. The fraction of sp³-hybridized carbons (Fsp3) is 0.154. The maximum atomic E-state index is 12.0. The van der Waals surface area contributed by atoms with Crippen LogP contribution in [0.2, 0.25) is 0 Å². The first-order valence-electron chi connectivity index (χ1n) is 6.08. The highest BCUT2D eigenvalue weighted by Gasteiger charge is 2.35. The van der Waals surface area contributed by atoms with Gasteiger partial charge in [0, 0.05) is 11.6 Å². The van der Waals surface area contributed by atoms with Crippen molar-refractivity contribution >= 4 is 40.6 Å². The summed E-state index contributed by atoms with van der Waals surface area (Å²) in [5.74, 6) is -1.44. The molecule has 1 aliphatic rings. The molecule has 9 heteroatoms. The second-order valence-corrected chi connectivity index (χ2v) is 5.53. The summed E-state index contributed by atoms with van der Waals surface area (Å²) in [5.41, 5.74) is 5.81. The van der Waals surface area contributed by atoms with Crippen molar-refractivity contribution in [1.29, 1.82) is 0 Å². The Labute approximate surface area is 129 Å². The Morgan fingerprint density at radius 2 is 2.14 bits per heavy atom. The summed E-state index contributed by atoms with van der Waals surface area (Å²) < 4.78 is 0. The van der Waals surface area contributed by atoms with Gasteiger partial charge in [0.25, 0.3) is 16.8 Å². The van der Waals surface area contributed by atoms with Gasteiger partial charge >= 0.3 is 0 Å². The van der Waals surface area contributed by atoms with Crippen LogP contribution in [0.25, 0.3) is 6.08 Å². The van der Waals surface area contributed by atoms with Crippen LogP contribution >= 0.6 is 11.8 Å². The van der Waals surface area contributed by atoms with E-state index < -0.39 is 28.5 Å². The summed E-state index contributed by atoms with van der Waals surface area (Å²) in [6.45, 7) is 1.11. The van der Waals surface area contributed by atoms with E-state index in [-0.39, 0.29) is 10.6 Å². The van der Waals surface area contributed by atoms with E-state index in [1.807, 2.05) is 0 Å². The predicted molar refractivity (Wildman–Crippen MR) is 79.7 cm³/mol. The van der Waals surface area contributed by atoms with E-state index in [4.69, 9.17) is 5.73 Å². The number of amides is 3. The molecule has 0 atom stereocenters. The number of nitro groups is 1. The third-order valence-corrected chi connectivity index (χ3v) is 3.82. The summed E-state index contributed by atoms with van der Waals surface area (Å²) in [7, 11) is 0. The molecule has 2 N–H and O–H groups in total. The Kier molecular flexibility index (Phi) is 4.27. The summed E-state index contributed by atoms with van der Waals surface area (Å²) >= 11 is 0.658. The van der Waals surface area contributed by atoms with Crippen molar-refractivity contribution < 1.29 is 19.3 Å². The van der Waals surface area contributed by atoms with Crippen LogP contribution in [0.1, 0.15) is 11.1 Å². The fourth-order valence-electron chi connectivity index (χ4n) is 1.86. The Morgan fingerprint density at radius 1 is 1.45 bits per heavy atom. The lowest BCUT2D eigenvalue weighted by Crippen LogP contribution is -2.36. The van der Waals surface area contributed by atoms with Gasteiger partial charge in [0.2, 0.25) is 5.91 Å². The quantitative estimate of drug-likeness (QED) is 0.508. The van der Waals surface area contributed by atoms with Crippen LogP contribution in [-0.2, 0) is 9.59 Å². The highest BCUT2D eigenvalue weighted by Crippen LogP contribution is 2.32. The fourth-order valence-corrected chi connectivity index (χ4v) is 2.69. The normalized spacial score (nSPS) is 16.4. The predicted octanol–water partition coefficient (Wildman–Crippen LogP) is 1.42. The first-order chi connectivity index (χ1) is 10.3. The Hall–Kier alpha value is -2.68. The standard InChI is InChI=1S/C13H11N3O5S/c1-7-2-3-8(4-9(7)16(20)21)5-10-12(18)15(6-11(14)17)13(19)22-10/h2-5H,6H2,1H3,(H2,14,17)/b10-5-. The molecule has 0 spiro atoms. The average molecular weight is 321 g/mol. The summed E-state index contributed by atoms with van der Waals surface area (Å²) in [5, 5.41) is 10.3. The van der Waals surface area contributed by atoms with Crippen LogP contribution < -0.4 is 5.73 Å². The molecule has 1 fully saturated rings. The van der Waals surface area contributed by atoms with Gasteiger partial charge in [-0.25, -0.2) is 0 Å². The summed E-state index contributed by atoms with van der Waals surface area (Å²) in [6, 6.07) is 4.47. The number of aryl methyl sites for hydroxylation is 1. The van der Waals surface area contributed by atoms with Crippen molar-refractivity contribution in [2.75, 3.05) is 6.54 Å². The van der Waals surface area contributed by atoms with Gasteiger partial charge in [-0.05, 0) is 30.3 Å². The zero-order valence-electron chi connectivity index (χ0n) is 11.4. The maximum absolute atomic E-state index is 12.0. The lowest BCUT2D eigenvalue weighted by atomic mass is 10.1. The van der Waals surface area contributed by atoms with Gasteiger partial charge in [-0.3, -0.25) is 29.4 Å². The number of nitro benzene ring substituents is 1. The lowest BCUT2D eigenvalue weighted by Gasteiger charge is -2.08. The molecular weight excluding hydrogens is 310 g/mol. The van der Waals surface area contributed by atoms with E-state index in [2.05, 4.69) is 0 Å². The molecule has 0 radical (unpaired) electrons. The Bertz CT molecular complexity index is 728. The zero-order valence-corrected chi connectivity index (χ0v) is 12.3. The van der Waals surface area contributed by atoms with Crippen LogP contribution in [0.5, 0.6) is 0 Å². The molecule has 114 valence electrons.